The van der Waals surface area contributed by atoms with E-state index in [4.69, 9.17) is 0 Å². The molecular weight excluding hydrogens is 357 g/mol. The van der Waals surface area contributed by atoms with Gasteiger partial charge in [0.05, 0.1) is 4.90 Å². The lowest BCUT2D eigenvalue weighted by atomic mass is 9.85. The molecule has 6 heteroatoms. The molecule has 0 spiro atoms. The van der Waals surface area contributed by atoms with Crippen LogP contribution in [0.25, 0.3) is 0 Å². The first-order chi connectivity index (χ1) is 9.86. The standard InChI is InChI=1S/C15H21BrFNO2S/c1-3-11-4-7-13(8-5-11)18(2)21(19,20)15-9-6-12(17)10-14(15)16/h6,9-11,13H,3-5,7-8H2,1-2H3. The van der Waals surface area contributed by atoms with Gasteiger partial charge in [-0.05, 0) is 65.7 Å². The number of nitrogens with zero attached hydrogens (tertiary/aromatic N) is 1. The van der Waals surface area contributed by atoms with Crippen LogP contribution in [0.4, 0.5) is 4.39 Å². The molecule has 0 N–H and O–H groups in total. The van der Waals surface area contributed by atoms with Gasteiger partial charge in [-0.25, -0.2) is 12.8 Å². The highest BCUT2D eigenvalue weighted by Gasteiger charge is 2.32. The summed E-state index contributed by atoms with van der Waals surface area (Å²) in [5.74, 6) is 0.266. The van der Waals surface area contributed by atoms with Crippen LogP contribution in [-0.4, -0.2) is 25.8 Å². The summed E-state index contributed by atoms with van der Waals surface area (Å²) in [5.41, 5.74) is 0. The van der Waals surface area contributed by atoms with Crippen molar-refractivity contribution < 1.29 is 12.8 Å². The Bertz CT molecular complexity index is 598. The summed E-state index contributed by atoms with van der Waals surface area (Å²) in [6.45, 7) is 2.18. The van der Waals surface area contributed by atoms with Crippen molar-refractivity contribution in [3.63, 3.8) is 0 Å². The number of halogens is 2. The van der Waals surface area contributed by atoms with Crippen molar-refractivity contribution in [2.24, 2.45) is 5.92 Å². The van der Waals surface area contributed by atoms with Gasteiger partial charge < -0.3 is 0 Å². The molecule has 1 aliphatic carbocycles. The Morgan fingerprint density at radius 3 is 2.43 bits per heavy atom. The summed E-state index contributed by atoms with van der Waals surface area (Å²) in [4.78, 5) is 0.129. The van der Waals surface area contributed by atoms with Crippen LogP contribution in [0.15, 0.2) is 27.6 Å². The lowest BCUT2D eigenvalue weighted by molar-refractivity contribution is 0.233. The second-order valence-electron chi connectivity index (χ2n) is 5.68. The van der Waals surface area contributed by atoms with Crippen LogP contribution in [0.2, 0.25) is 0 Å². The van der Waals surface area contributed by atoms with E-state index in [1.807, 2.05) is 0 Å². The maximum atomic E-state index is 13.1. The lowest BCUT2D eigenvalue weighted by Crippen LogP contribution is -2.39. The maximum Gasteiger partial charge on any atom is 0.244 e. The van der Waals surface area contributed by atoms with E-state index in [0.29, 0.717) is 0 Å². The molecule has 0 radical (unpaired) electrons. The minimum Gasteiger partial charge on any atom is -0.207 e. The Kier molecular flexibility index (Phi) is 5.43. The molecule has 0 aliphatic heterocycles. The molecule has 0 heterocycles. The Morgan fingerprint density at radius 1 is 1.29 bits per heavy atom. The molecule has 1 saturated carbocycles. The number of sulfonamides is 1. The van der Waals surface area contributed by atoms with Gasteiger partial charge in [-0.1, -0.05) is 13.3 Å². The molecule has 3 nitrogen and oxygen atoms in total. The van der Waals surface area contributed by atoms with Crippen LogP contribution in [0, 0.1) is 11.7 Å². The zero-order valence-electron chi connectivity index (χ0n) is 12.4. The van der Waals surface area contributed by atoms with Crippen LogP contribution in [-0.2, 0) is 10.0 Å². The van der Waals surface area contributed by atoms with Gasteiger partial charge >= 0.3 is 0 Å². The molecule has 0 unspecified atom stereocenters. The fraction of sp³-hybridized carbons (Fsp3) is 0.600. The molecule has 21 heavy (non-hydrogen) atoms. The molecule has 1 aromatic carbocycles. The first-order valence-electron chi connectivity index (χ1n) is 7.29. The highest BCUT2D eigenvalue weighted by molar-refractivity contribution is 9.10. The molecule has 1 fully saturated rings. The van der Waals surface area contributed by atoms with Crippen LogP contribution >= 0.6 is 15.9 Å². The van der Waals surface area contributed by atoms with Gasteiger partial charge in [-0.15, -0.1) is 0 Å². The highest BCUT2D eigenvalue weighted by atomic mass is 79.9. The number of benzene rings is 1. The quantitative estimate of drug-likeness (QED) is 0.788. The topological polar surface area (TPSA) is 37.4 Å². The summed E-state index contributed by atoms with van der Waals surface area (Å²) >= 11 is 3.15. The van der Waals surface area contributed by atoms with Crippen molar-refractivity contribution >= 4 is 26.0 Å². The molecule has 2 rings (SSSR count). The van der Waals surface area contributed by atoms with E-state index < -0.39 is 15.8 Å². The predicted octanol–water partition coefficient (Wildman–Crippen LogP) is 4.18. The smallest absolute Gasteiger partial charge is 0.207 e. The second-order valence-corrected chi connectivity index (χ2v) is 8.50. The van der Waals surface area contributed by atoms with Crippen LogP contribution < -0.4 is 0 Å². The summed E-state index contributed by atoms with van der Waals surface area (Å²) in [7, 11) is -1.96. The normalized spacial score (nSPS) is 23.5. The molecule has 0 saturated heterocycles. The molecule has 0 bridgehead atoms. The Labute approximate surface area is 134 Å². The maximum absolute atomic E-state index is 13.1. The second kappa shape index (κ2) is 6.75. The van der Waals surface area contributed by atoms with E-state index in [-0.39, 0.29) is 15.4 Å². The molecular formula is C15H21BrFNO2S. The lowest BCUT2D eigenvalue weighted by Gasteiger charge is -2.33. The van der Waals surface area contributed by atoms with Crippen molar-refractivity contribution in [3.8, 4) is 0 Å². The summed E-state index contributed by atoms with van der Waals surface area (Å²) < 4.78 is 40.2. The van der Waals surface area contributed by atoms with Crippen molar-refractivity contribution in [1.82, 2.24) is 4.31 Å². The van der Waals surface area contributed by atoms with Crippen LogP contribution in [0.5, 0.6) is 0 Å². The summed E-state index contributed by atoms with van der Waals surface area (Å²) in [6.07, 6.45) is 5.10. The van der Waals surface area contributed by atoms with Gasteiger partial charge in [0.2, 0.25) is 10.0 Å². The Morgan fingerprint density at radius 2 is 1.90 bits per heavy atom. The molecule has 118 valence electrons. The molecule has 1 aromatic rings. The third-order valence-electron chi connectivity index (χ3n) is 4.46. The average molecular weight is 378 g/mol. The first kappa shape index (κ1) is 16.9. The Balaban J connectivity index is 2.19. The minimum absolute atomic E-state index is 0.0368. The monoisotopic (exact) mass is 377 g/mol. The zero-order valence-corrected chi connectivity index (χ0v) is 14.8. The number of hydrogen-bond donors (Lipinski definition) is 0. The molecule has 0 amide bonds. The van der Waals surface area contributed by atoms with Crippen molar-refractivity contribution in [2.45, 2.75) is 50.0 Å². The fourth-order valence-electron chi connectivity index (χ4n) is 2.95. The average Bonchev–Trinajstić information content (AvgIpc) is 2.46. The fourth-order valence-corrected chi connectivity index (χ4v) is 5.38. The van der Waals surface area contributed by atoms with E-state index in [1.54, 1.807) is 7.05 Å². The minimum atomic E-state index is -3.59. The SMILES string of the molecule is CCC1CCC(N(C)S(=O)(=O)c2ccc(F)cc2Br)CC1. The van der Waals surface area contributed by atoms with Crippen molar-refractivity contribution in [1.29, 1.82) is 0 Å². The van der Waals surface area contributed by atoms with Gasteiger partial charge in [-0.3, -0.25) is 0 Å². The van der Waals surface area contributed by atoms with Crippen molar-refractivity contribution in [3.05, 3.63) is 28.5 Å². The van der Waals surface area contributed by atoms with Gasteiger partial charge in [-0.2, -0.15) is 4.31 Å². The molecule has 0 aromatic heterocycles. The van der Waals surface area contributed by atoms with E-state index in [9.17, 15) is 12.8 Å². The van der Waals surface area contributed by atoms with Crippen LogP contribution in [0.3, 0.4) is 0 Å². The Hall–Kier alpha value is -0.460. The summed E-state index contributed by atoms with van der Waals surface area (Å²) in [6, 6.07) is 3.73. The van der Waals surface area contributed by atoms with E-state index in [1.165, 1.54) is 22.5 Å². The molecule has 1 aliphatic rings. The third kappa shape index (κ3) is 3.66. The highest BCUT2D eigenvalue weighted by Crippen LogP contribution is 2.33. The number of hydrogen-bond acceptors (Lipinski definition) is 2. The molecule has 0 atom stereocenters. The van der Waals surface area contributed by atoms with Gasteiger partial charge in [0.25, 0.3) is 0 Å². The largest absolute Gasteiger partial charge is 0.244 e. The van der Waals surface area contributed by atoms with Crippen molar-refractivity contribution in [2.75, 3.05) is 7.05 Å². The predicted molar refractivity (Wildman–Crippen MR) is 85.1 cm³/mol. The van der Waals surface area contributed by atoms with Gasteiger partial charge in [0.15, 0.2) is 0 Å². The first-order valence-corrected chi connectivity index (χ1v) is 9.52. The van der Waals surface area contributed by atoms with E-state index >= 15 is 0 Å². The van der Waals surface area contributed by atoms with Gasteiger partial charge in [0, 0.05) is 17.6 Å². The van der Waals surface area contributed by atoms with E-state index in [2.05, 4.69) is 22.9 Å². The zero-order chi connectivity index (χ0) is 15.6. The summed E-state index contributed by atoms with van der Waals surface area (Å²) in [5, 5.41) is 0. The number of rotatable bonds is 4. The third-order valence-corrected chi connectivity index (χ3v) is 7.35. The van der Waals surface area contributed by atoms with Gasteiger partial charge in [0.1, 0.15) is 5.82 Å². The van der Waals surface area contributed by atoms with Crippen LogP contribution in [0.1, 0.15) is 39.0 Å². The van der Waals surface area contributed by atoms with E-state index in [0.717, 1.165) is 38.0 Å².